The van der Waals surface area contributed by atoms with Gasteiger partial charge in [-0.05, 0) is 67.3 Å². The summed E-state index contributed by atoms with van der Waals surface area (Å²) in [5.41, 5.74) is 4.64. The van der Waals surface area contributed by atoms with Crippen LogP contribution < -0.4 is 14.9 Å². The van der Waals surface area contributed by atoms with Crippen LogP contribution >= 0.6 is 0 Å². The van der Waals surface area contributed by atoms with Gasteiger partial charge in [0.1, 0.15) is 11.5 Å². The van der Waals surface area contributed by atoms with E-state index in [4.69, 9.17) is 9.47 Å². The summed E-state index contributed by atoms with van der Waals surface area (Å²) in [4.78, 5) is 11.8. The highest BCUT2D eigenvalue weighted by Gasteiger charge is 2.01. The van der Waals surface area contributed by atoms with E-state index in [1.54, 1.807) is 13.3 Å². The third-order valence-electron chi connectivity index (χ3n) is 3.62. The smallest absolute Gasteiger partial charge is 0.240 e. The Kier molecular flexibility index (Phi) is 7.50. The molecule has 25 heavy (non-hydrogen) atoms. The van der Waals surface area contributed by atoms with E-state index in [9.17, 15) is 4.79 Å². The van der Waals surface area contributed by atoms with Gasteiger partial charge in [-0.15, -0.1) is 0 Å². The zero-order valence-corrected chi connectivity index (χ0v) is 14.7. The fourth-order valence-electron chi connectivity index (χ4n) is 2.30. The van der Waals surface area contributed by atoms with E-state index in [1.165, 1.54) is 5.56 Å². The van der Waals surface area contributed by atoms with Gasteiger partial charge in [0.05, 0.1) is 19.9 Å². The van der Waals surface area contributed by atoms with Crippen LogP contribution in [0.15, 0.2) is 53.6 Å². The molecule has 0 aliphatic heterocycles. The van der Waals surface area contributed by atoms with Gasteiger partial charge in [-0.2, -0.15) is 5.10 Å². The number of nitrogens with zero attached hydrogens (tertiary/aromatic N) is 1. The third-order valence-corrected chi connectivity index (χ3v) is 3.62. The van der Waals surface area contributed by atoms with Gasteiger partial charge in [0.25, 0.3) is 0 Å². The van der Waals surface area contributed by atoms with Crippen molar-refractivity contribution in [2.24, 2.45) is 5.10 Å². The maximum atomic E-state index is 11.8. The average Bonchev–Trinajstić information content (AvgIpc) is 2.64. The van der Waals surface area contributed by atoms with Crippen LogP contribution in [0.1, 0.15) is 30.9 Å². The minimum absolute atomic E-state index is 0.0873. The molecule has 132 valence electrons. The predicted octanol–water partition coefficient (Wildman–Crippen LogP) is 3.57. The van der Waals surface area contributed by atoms with Gasteiger partial charge in [-0.25, -0.2) is 5.43 Å². The molecular weight excluding hydrogens is 316 g/mol. The first-order chi connectivity index (χ1) is 12.2. The summed E-state index contributed by atoms with van der Waals surface area (Å²) in [7, 11) is 1.62. The molecule has 1 N–H and O–H groups in total. The fraction of sp³-hybridized carbons (Fsp3) is 0.300. The van der Waals surface area contributed by atoms with Gasteiger partial charge in [0, 0.05) is 6.42 Å². The first-order valence-corrected chi connectivity index (χ1v) is 8.39. The lowest BCUT2D eigenvalue weighted by Crippen LogP contribution is -2.17. The Morgan fingerprint density at radius 1 is 1.08 bits per heavy atom. The minimum Gasteiger partial charge on any atom is -0.497 e. The lowest BCUT2D eigenvalue weighted by atomic mass is 10.1. The summed E-state index contributed by atoms with van der Waals surface area (Å²) in [6.07, 6.45) is 3.68. The second-order valence-electron chi connectivity index (χ2n) is 5.50. The number of carbonyl (C=O) groups is 1. The Morgan fingerprint density at radius 2 is 1.76 bits per heavy atom. The maximum Gasteiger partial charge on any atom is 0.240 e. The van der Waals surface area contributed by atoms with E-state index in [1.807, 2.05) is 55.5 Å². The minimum atomic E-state index is -0.0873. The zero-order chi connectivity index (χ0) is 17.9. The van der Waals surface area contributed by atoms with Gasteiger partial charge < -0.3 is 9.47 Å². The van der Waals surface area contributed by atoms with E-state index < -0.39 is 0 Å². The normalized spacial score (nSPS) is 10.6. The standard InChI is InChI=1S/C20H24N2O3/c1-3-25-19-13-7-16(8-14-19)5-4-6-20(23)22-21-15-17-9-11-18(24-2)12-10-17/h7-15H,3-6H2,1-2H3,(H,22,23)/b21-15+. The molecule has 0 bridgehead atoms. The molecule has 0 aliphatic rings. The molecule has 5 nitrogen and oxygen atoms in total. The lowest BCUT2D eigenvalue weighted by molar-refractivity contribution is -0.121. The molecule has 0 unspecified atom stereocenters. The second kappa shape index (κ2) is 10.1. The highest BCUT2D eigenvalue weighted by atomic mass is 16.5. The van der Waals surface area contributed by atoms with Crippen molar-refractivity contribution in [1.82, 2.24) is 5.43 Å². The van der Waals surface area contributed by atoms with Crippen LogP contribution in [0, 0.1) is 0 Å². The lowest BCUT2D eigenvalue weighted by Gasteiger charge is -2.05. The molecule has 0 fully saturated rings. The van der Waals surface area contributed by atoms with Crippen molar-refractivity contribution >= 4 is 12.1 Å². The predicted molar refractivity (Wildman–Crippen MR) is 99.3 cm³/mol. The molecule has 2 aromatic rings. The number of rotatable bonds is 9. The summed E-state index contributed by atoms with van der Waals surface area (Å²) < 4.78 is 10.5. The SMILES string of the molecule is CCOc1ccc(CCCC(=O)N/N=C/c2ccc(OC)cc2)cc1. The van der Waals surface area contributed by atoms with Gasteiger partial charge >= 0.3 is 0 Å². The first kappa shape index (κ1) is 18.5. The molecule has 5 heteroatoms. The number of carbonyl (C=O) groups excluding carboxylic acids is 1. The molecule has 0 atom stereocenters. The summed E-state index contributed by atoms with van der Waals surface area (Å²) in [5.74, 6) is 1.57. The molecular formula is C20H24N2O3. The molecule has 0 radical (unpaired) electrons. The van der Waals surface area contributed by atoms with Crippen molar-refractivity contribution in [2.45, 2.75) is 26.2 Å². The number of amides is 1. The summed E-state index contributed by atoms with van der Waals surface area (Å²) in [6, 6.07) is 15.4. The molecule has 0 saturated carbocycles. The first-order valence-electron chi connectivity index (χ1n) is 8.39. The van der Waals surface area contributed by atoms with E-state index in [-0.39, 0.29) is 5.91 Å². The van der Waals surface area contributed by atoms with E-state index in [0.717, 1.165) is 29.9 Å². The van der Waals surface area contributed by atoms with E-state index >= 15 is 0 Å². The quantitative estimate of drug-likeness (QED) is 0.561. The number of methoxy groups -OCH3 is 1. The summed E-state index contributed by atoms with van der Waals surface area (Å²) in [6.45, 7) is 2.63. The molecule has 2 aromatic carbocycles. The third kappa shape index (κ3) is 6.67. The number of hydrogen-bond donors (Lipinski definition) is 1. The van der Waals surface area contributed by atoms with Crippen LogP contribution in [-0.4, -0.2) is 25.8 Å². The Bertz CT molecular complexity index is 679. The van der Waals surface area contributed by atoms with Crippen molar-refractivity contribution < 1.29 is 14.3 Å². The molecule has 1 amide bonds. The fourth-order valence-corrected chi connectivity index (χ4v) is 2.30. The number of ether oxygens (including phenoxy) is 2. The Hall–Kier alpha value is -2.82. The summed E-state index contributed by atoms with van der Waals surface area (Å²) in [5, 5.41) is 3.97. The van der Waals surface area contributed by atoms with Gasteiger partial charge in [-0.3, -0.25) is 4.79 Å². The van der Waals surface area contributed by atoms with Crippen LogP contribution in [0.4, 0.5) is 0 Å². The molecule has 0 heterocycles. The molecule has 0 aromatic heterocycles. The topological polar surface area (TPSA) is 59.9 Å². The number of benzene rings is 2. The van der Waals surface area contributed by atoms with Gasteiger partial charge in [0.2, 0.25) is 5.91 Å². The van der Waals surface area contributed by atoms with E-state index in [0.29, 0.717) is 13.0 Å². The van der Waals surface area contributed by atoms with Crippen LogP contribution in [-0.2, 0) is 11.2 Å². The monoisotopic (exact) mass is 340 g/mol. The highest BCUT2D eigenvalue weighted by Crippen LogP contribution is 2.14. The van der Waals surface area contributed by atoms with E-state index in [2.05, 4.69) is 10.5 Å². The maximum absolute atomic E-state index is 11.8. The van der Waals surface area contributed by atoms with Gasteiger partial charge in [-0.1, -0.05) is 12.1 Å². The average molecular weight is 340 g/mol. The van der Waals surface area contributed by atoms with Crippen molar-refractivity contribution in [3.63, 3.8) is 0 Å². The van der Waals surface area contributed by atoms with Crippen LogP contribution in [0.25, 0.3) is 0 Å². The van der Waals surface area contributed by atoms with Gasteiger partial charge in [0.15, 0.2) is 0 Å². The van der Waals surface area contributed by atoms with Crippen molar-refractivity contribution in [3.05, 3.63) is 59.7 Å². The molecule has 0 aliphatic carbocycles. The number of aryl methyl sites for hydroxylation is 1. The van der Waals surface area contributed by atoms with Crippen molar-refractivity contribution in [3.8, 4) is 11.5 Å². The Morgan fingerprint density at radius 3 is 2.40 bits per heavy atom. The van der Waals surface area contributed by atoms with Crippen LogP contribution in [0.2, 0.25) is 0 Å². The summed E-state index contributed by atoms with van der Waals surface area (Å²) >= 11 is 0. The van der Waals surface area contributed by atoms with Crippen molar-refractivity contribution in [1.29, 1.82) is 0 Å². The van der Waals surface area contributed by atoms with Crippen molar-refractivity contribution in [2.75, 3.05) is 13.7 Å². The largest absolute Gasteiger partial charge is 0.497 e. The number of nitrogens with one attached hydrogen (secondary N) is 1. The second-order valence-corrected chi connectivity index (χ2v) is 5.50. The Balaban J connectivity index is 1.68. The molecule has 2 rings (SSSR count). The molecule has 0 spiro atoms. The molecule has 0 saturated heterocycles. The number of hydrazone groups is 1. The van der Waals surface area contributed by atoms with Crippen LogP contribution in [0.3, 0.4) is 0 Å². The van der Waals surface area contributed by atoms with Crippen LogP contribution in [0.5, 0.6) is 11.5 Å². The Labute approximate surface area is 148 Å². The number of hydrogen-bond acceptors (Lipinski definition) is 4. The highest BCUT2D eigenvalue weighted by molar-refractivity contribution is 5.82. The zero-order valence-electron chi connectivity index (χ0n) is 14.7.